The van der Waals surface area contributed by atoms with Crippen LogP contribution in [0.2, 0.25) is 0 Å². The van der Waals surface area contributed by atoms with E-state index in [1.807, 2.05) is 6.92 Å². The molecule has 0 amide bonds. The van der Waals surface area contributed by atoms with Crippen molar-refractivity contribution in [3.63, 3.8) is 0 Å². The zero-order valence-electron chi connectivity index (χ0n) is 7.52. The van der Waals surface area contributed by atoms with E-state index in [0.717, 1.165) is 6.54 Å². The molecule has 1 aromatic rings. The third-order valence-corrected chi connectivity index (χ3v) is 1.58. The Morgan fingerprint density at radius 1 is 1.69 bits per heavy atom. The van der Waals surface area contributed by atoms with Crippen LogP contribution in [0.1, 0.15) is 12.8 Å². The van der Waals surface area contributed by atoms with Gasteiger partial charge in [-0.3, -0.25) is 4.79 Å². The second-order valence-corrected chi connectivity index (χ2v) is 2.57. The second kappa shape index (κ2) is 3.88. The SMILES string of the molecule is CCN(C)c1noc(CC(=O)O)n1. The third kappa shape index (κ3) is 2.43. The number of carboxylic acids is 1. The Kier molecular flexibility index (Phi) is 2.84. The first-order valence-corrected chi connectivity index (χ1v) is 3.89. The van der Waals surface area contributed by atoms with Gasteiger partial charge >= 0.3 is 5.97 Å². The van der Waals surface area contributed by atoms with Crippen molar-refractivity contribution in [3.8, 4) is 0 Å². The van der Waals surface area contributed by atoms with E-state index in [9.17, 15) is 4.79 Å². The maximum atomic E-state index is 10.3. The van der Waals surface area contributed by atoms with Crippen molar-refractivity contribution in [2.24, 2.45) is 0 Å². The van der Waals surface area contributed by atoms with Crippen molar-refractivity contribution in [2.45, 2.75) is 13.3 Å². The summed E-state index contributed by atoms with van der Waals surface area (Å²) in [6.45, 7) is 2.68. The highest BCUT2D eigenvalue weighted by atomic mass is 16.5. The smallest absolute Gasteiger partial charge is 0.312 e. The van der Waals surface area contributed by atoms with Gasteiger partial charge in [-0.15, -0.1) is 0 Å². The third-order valence-electron chi connectivity index (χ3n) is 1.58. The number of carbonyl (C=O) groups is 1. The van der Waals surface area contributed by atoms with Crippen molar-refractivity contribution in [1.29, 1.82) is 0 Å². The maximum absolute atomic E-state index is 10.3. The van der Waals surface area contributed by atoms with Crippen LogP contribution in [0.25, 0.3) is 0 Å². The monoisotopic (exact) mass is 185 g/mol. The Morgan fingerprint density at radius 2 is 2.38 bits per heavy atom. The van der Waals surface area contributed by atoms with Crippen LogP contribution < -0.4 is 4.90 Å². The zero-order valence-corrected chi connectivity index (χ0v) is 7.52. The van der Waals surface area contributed by atoms with Gasteiger partial charge in [0.05, 0.1) is 0 Å². The van der Waals surface area contributed by atoms with Crippen molar-refractivity contribution in [2.75, 3.05) is 18.5 Å². The number of nitrogens with zero attached hydrogens (tertiary/aromatic N) is 3. The Hall–Kier alpha value is -1.59. The van der Waals surface area contributed by atoms with Crippen molar-refractivity contribution < 1.29 is 14.4 Å². The summed E-state index contributed by atoms with van der Waals surface area (Å²) >= 11 is 0. The number of hydrogen-bond donors (Lipinski definition) is 1. The predicted molar refractivity (Wildman–Crippen MR) is 44.6 cm³/mol. The zero-order chi connectivity index (χ0) is 9.84. The number of hydrogen-bond acceptors (Lipinski definition) is 5. The Balaban J connectivity index is 2.68. The summed E-state index contributed by atoms with van der Waals surface area (Å²) < 4.78 is 4.71. The van der Waals surface area contributed by atoms with Crippen LogP contribution in [0, 0.1) is 0 Å². The van der Waals surface area contributed by atoms with E-state index in [4.69, 9.17) is 9.63 Å². The van der Waals surface area contributed by atoms with Crippen LogP contribution in [-0.4, -0.2) is 34.8 Å². The van der Waals surface area contributed by atoms with Gasteiger partial charge in [0.2, 0.25) is 5.89 Å². The summed E-state index contributed by atoms with van der Waals surface area (Å²) in [5.74, 6) is -0.434. The summed E-state index contributed by atoms with van der Waals surface area (Å²) in [5.41, 5.74) is 0. The molecule has 1 rings (SSSR count). The number of anilines is 1. The minimum atomic E-state index is -0.977. The predicted octanol–water partition coefficient (Wildman–Crippen LogP) is 0.153. The molecule has 1 heterocycles. The summed E-state index contributed by atoms with van der Waals surface area (Å²) in [6.07, 6.45) is -0.232. The fourth-order valence-electron chi connectivity index (χ4n) is 0.744. The molecule has 0 aliphatic heterocycles. The van der Waals surface area contributed by atoms with E-state index in [2.05, 4.69) is 10.1 Å². The van der Waals surface area contributed by atoms with E-state index in [-0.39, 0.29) is 12.3 Å². The minimum Gasteiger partial charge on any atom is -0.481 e. The van der Waals surface area contributed by atoms with Gasteiger partial charge in [-0.05, 0) is 12.1 Å². The molecule has 0 bridgehead atoms. The lowest BCUT2D eigenvalue weighted by atomic mass is 10.4. The van der Waals surface area contributed by atoms with Crippen molar-refractivity contribution in [1.82, 2.24) is 10.1 Å². The highest BCUT2D eigenvalue weighted by molar-refractivity contribution is 5.68. The van der Waals surface area contributed by atoms with Gasteiger partial charge in [-0.1, -0.05) is 0 Å². The Labute approximate surface area is 75.2 Å². The molecule has 0 saturated heterocycles. The first kappa shape index (κ1) is 9.50. The highest BCUT2D eigenvalue weighted by Gasteiger charge is 2.11. The maximum Gasteiger partial charge on any atom is 0.312 e. The average molecular weight is 185 g/mol. The molecule has 0 fully saturated rings. The standard InChI is InChI=1S/C7H11N3O3/c1-3-10(2)7-8-5(13-9-7)4-6(11)12/h3-4H2,1-2H3,(H,11,12). The topological polar surface area (TPSA) is 79.5 Å². The van der Waals surface area contributed by atoms with Crippen LogP contribution >= 0.6 is 0 Å². The molecule has 1 aromatic heterocycles. The molecule has 0 atom stereocenters. The first-order valence-electron chi connectivity index (χ1n) is 3.89. The average Bonchev–Trinajstić information content (AvgIpc) is 2.50. The van der Waals surface area contributed by atoms with Crippen molar-refractivity contribution >= 4 is 11.9 Å². The summed E-state index contributed by atoms with van der Waals surface area (Å²) in [4.78, 5) is 15.9. The van der Waals surface area contributed by atoms with E-state index in [0.29, 0.717) is 5.95 Å². The van der Waals surface area contributed by atoms with Gasteiger partial charge in [-0.2, -0.15) is 4.98 Å². The fourth-order valence-corrected chi connectivity index (χ4v) is 0.744. The molecule has 0 spiro atoms. The minimum absolute atomic E-state index is 0.128. The summed E-state index contributed by atoms with van der Waals surface area (Å²) in [5, 5.41) is 12.0. The first-order chi connectivity index (χ1) is 6.13. The summed E-state index contributed by atoms with van der Waals surface area (Å²) in [6, 6.07) is 0. The molecule has 0 aromatic carbocycles. The number of aromatic nitrogens is 2. The van der Waals surface area contributed by atoms with Crippen LogP contribution in [0.15, 0.2) is 4.52 Å². The lowest BCUT2D eigenvalue weighted by Crippen LogP contribution is -2.17. The molecular weight excluding hydrogens is 174 g/mol. The van der Waals surface area contributed by atoms with Crippen molar-refractivity contribution in [3.05, 3.63) is 5.89 Å². The molecule has 72 valence electrons. The van der Waals surface area contributed by atoms with Crippen LogP contribution in [-0.2, 0) is 11.2 Å². The lowest BCUT2D eigenvalue weighted by Gasteiger charge is -2.08. The van der Waals surface area contributed by atoms with Crippen LogP contribution in [0.5, 0.6) is 0 Å². The van der Waals surface area contributed by atoms with Gasteiger partial charge in [0.15, 0.2) is 0 Å². The highest BCUT2D eigenvalue weighted by Crippen LogP contribution is 2.06. The lowest BCUT2D eigenvalue weighted by molar-refractivity contribution is -0.136. The fraction of sp³-hybridized carbons (Fsp3) is 0.571. The quantitative estimate of drug-likeness (QED) is 0.719. The van der Waals surface area contributed by atoms with E-state index in [1.165, 1.54) is 0 Å². The van der Waals surface area contributed by atoms with Crippen LogP contribution in [0.4, 0.5) is 5.95 Å². The van der Waals surface area contributed by atoms with Gasteiger partial charge in [0.1, 0.15) is 6.42 Å². The number of carboxylic acid groups (broad SMARTS) is 1. The van der Waals surface area contributed by atoms with E-state index >= 15 is 0 Å². The van der Waals surface area contributed by atoms with Crippen LogP contribution in [0.3, 0.4) is 0 Å². The molecule has 6 nitrogen and oxygen atoms in total. The Morgan fingerprint density at radius 3 is 2.92 bits per heavy atom. The normalized spacial score (nSPS) is 10.0. The number of aliphatic carboxylic acids is 1. The molecule has 0 saturated carbocycles. The molecular formula is C7H11N3O3. The second-order valence-electron chi connectivity index (χ2n) is 2.57. The molecule has 13 heavy (non-hydrogen) atoms. The Bertz CT molecular complexity index is 297. The van der Waals surface area contributed by atoms with E-state index < -0.39 is 5.97 Å². The van der Waals surface area contributed by atoms with Gasteiger partial charge < -0.3 is 14.5 Å². The number of rotatable bonds is 4. The van der Waals surface area contributed by atoms with Gasteiger partial charge in [-0.25, -0.2) is 0 Å². The molecule has 0 aliphatic rings. The summed E-state index contributed by atoms with van der Waals surface area (Å²) in [7, 11) is 1.80. The molecule has 1 N–H and O–H groups in total. The van der Waals surface area contributed by atoms with Gasteiger partial charge in [0, 0.05) is 13.6 Å². The molecule has 0 aliphatic carbocycles. The molecule has 0 radical (unpaired) electrons. The van der Waals surface area contributed by atoms with Gasteiger partial charge in [0.25, 0.3) is 5.95 Å². The van der Waals surface area contributed by atoms with E-state index in [1.54, 1.807) is 11.9 Å². The molecule has 0 unspecified atom stereocenters. The molecule has 6 heteroatoms. The largest absolute Gasteiger partial charge is 0.481 e.